The average molecular weight is 1230 g/mol. The maximum atomic E-state index is 2.88. The van der Waals surface area contributed by atoms with Crippen molar-refractivity contribution >= 4 is 132 Å². The normalized spacial score (nSPS) is 21.0. The minimum atomic E-state index is -0.273. The maximum absolute atomic E-state index is 2.88. The summed E-state index contributed by atoms with van der Waals surface area (Å²) in [4.78, 5) is 8.49. The fourth-order valence-corrected chi connectivity index (χ4v) is 21.3. The molecule has 5 heterocycles. The van der Waals surface area contributed by atoms with Crippen LogP contribution in [0.25, 0.3) is 51.5 Å². The Morgan fingerprint density at radius 1 is 0.380 bits per heavy atom. The molecule has 0 spiro atoms. The largest absolute Gasteiger partial charge is 0.334 e. The molecule has 3 nitrogen and oxygen atoms in total. The van der Waals surface area contributed by atoms with Crippen LogP contribution in [0.2, 0.25) is 0 Å². The molecule has 18 rings (SSSR count). The third-order valence-electron chi connectivity index (χ3n) is 24.5. The number of nitrogens with zero attached hydrogens (tertiary/aromatic N) is 3. The number of benzene rings is 10. The summed E-state index contributed by atoms with van der Waals surface area (Å²) >= 11 is 3.91. The predicted octanol–water partition coefficient (Wildman–Crippen LogP) is 22.5. The van der Waals surface area contributed by atoms with Crippen molar-refractivity contribution in [3.05, 3.63) is 233 Å². The number of rotatable bonds is 4. The summed E-state index contributed by atoms with van der Waals surface area (Å²) in [6.07, 6.45) is 6.93. The molecule has 12 aromatic rings. The first kappa shape index (κ1) is 56.8. The quantitative estimate of drug-likeness (QED) is 0.163. The smallest absolute Gasteiger partial charge is 0.252 e. The molecule has 6 heteroatoms. The molecule has 92 heavy (non-hydrogen) atoms. The molecule has 2 atom stereocenters. The highest BCUT2D eigenvalue weighted by molar-refractivity contribution is 7.27. The molecule has 6 aliphatic rings. The van der Waals surface area contributed by atoms with Crippen LogP contribution in [-0.2, 0) is 32.5 Å². The Morgan fingerprint density at radius 2 is 0.859 bits per heavy atom. The SMILES string of the molecule is CC(C)(C)c1ccc(-c2ccc3c(c2)C2(C)CCCCC2(C)N3c2cc3c4c(c2)N(c2cccc5c2sc2ccccc25)c2cc5c(cc2B4c2cc4c(cc2N3c2cccc3c2sc2ccccc23)C(C)(C)CCC4(C)C)C(C)(C)c2ccccc2C5(C)C)cc1. The first-order valence-corrected chi connectivity index (χ1v) is 35.7. The lowest BCUT2D eigenvalue weighted by atomic mass is 9.32. The van der Waals surface area contributed by atoms with Gasteiger partial charge in [0.1, 0.15) is 0 Å². The summed E-state index contributed by atoms with van der Waals surface area (Å²) in [5, 5.41) is 5.27. The second-order valence-electron chi connectivity index (χ2n) is 32.2. The summed E-state index contributed by atoms with van der Waals surface area (Å²) in [5.41, 5.74) is 27.7. The lowest BCUT2D eigenvalue weighted by molar-refractivity contribution is 0.195. The van der Waals surface area contributed by atoms with Crippen molar-refractivity contribution in [2.24, 2.45) is 0 Å². The molecule has 0 radical (unpaired) electrons. The number of fused-ring (bicyclic) bond motifs is 16. The van der Waals surface area contributed by atoms with Crippen LogP contribution in [0.1, 0.15) is 173 Å². The zero-order chi connectivity index (χ0) is 63.1. The van der Waals surface area contributed by atoms with Gasteiger partial charge in [0.15, 0.2) is 0 Å². The Kier molecular flexibility index (Phi) is 11.7. The van der Waals surface area contributed by atoms with E-state index in [-0.39, 0.29) is 44.7 Å². The minimum Gasteiger partial charge on any atom is -0.334 e. The van der Waals surface area contributed by atoms with Crippen molar-refractivity contribution in [2.75, 3.05) is 14.7 Å². The second kappa shape index (κ2) is 18.9. The maximum Gasteiger partial charge on any atom is 0.252 e. The van der Waals surface area contributed by atoms with Crippen molar-refractivity contribution in [3.8, 4) is 11.1 Å². The van der Waals surface area contributed by atoms with Crippen molar-refractivity contribution in [3.63, 3.8) is 0 Å². The molecule has 10 aromatic carbocycles. The molecule has 2 aromatic heterocycles. The Bertz CT molecular complexity index is 5180. The van der Waals surface area contributed by atoms with E-state index in [0.29, 0.717) is 0 Å². The monoisotopic (exact) mass is 1230 g/mol. The van der Waals surface area contributed by atoms with Gasteiger partial charge in [-0.15, -0.1) is 22.7 Å². The number of hydrogen-bond acceptors (Lipinski definition) is 5. The molecule has 0 N–H and O–H groups in total. The van der Waals surface area contributed by atoms with Gasteiger partial charge in [-0.3, -0.25) is 0 Å². The van der Waals surface area contributed by atoms with Crippen LogP contribution in [0, 0.1) is 0 Å². The first-order valence-electron chi connectivity index (χ1n) is 34.1. The van der Waals surface area contributed by atoms with E-state index < -0.39 is 0 Å². The van der Waals surface area contributed by atoms with Gasteiger partial charge in [0, 0.05) is 81.3 Å². The van der Waals surface area contributed by atoms with Crippen molar-refractivity contribution in [1.29, 1.82) is 0 Å². The zero-order valence-electron chi connectivity index (χ0n) is 55.9. The van der Waals surface area contributed by atoms with E-state index in [0.717, 1.165) is 25.7 Å². The number of anilines is 8. The predicted molar refractivity (Wildman–Crippen MR) is 399 cm³/mol. The summed E-state index contributed by atoms with van der Waals surface area (Å²) in [6, 6.07) is 75.3. The van der Waals surface area contributed by atoms with Gasteiger partial charge in [-0.2, -0.15) is 0 Å². The third kappa shape index (κ3) is 7.57. The van der Waals surface area contributed by atoms with Crippen molar-refractivity contribution in [1.82, 2.24) is 0 Å². The van der Waals surface area contributed by atoms with Crippen LogP contribution in [0.4, 0.5) is 45.5 Å². The molecular weight excluding hydrogens is 1150 g/mol. The Balaban J connectivity index is 0.997. The fourth-order valence-electron chi connectivity index (χ4n) is 18.9. The highest BCUT2D eigenvalue weighted by Gasteiger charge is 2.59. The molecule has 0 bridgehead atoms. The molecular formula is C86H82BN3S2. The van der Waals surface area contributed by atoms with Gasteiger partial charge < -0.3 is 14.7 Å². The van der Waals surface area contributed by atoms with E-state index in [1.165, 1.54) is 171 Å². The summed E-state index contributed by atoms with van der Waals surface area (Å²) < 4.78 is 5.30. The van der Waals surface area contributed by atoms with Gasteiger partial charge in [-0.25, -0.2) is 0 Å². The Labute approximate surface area is 552 Å². The van der Waals surface area contributed by atoms with Crippen molar-refractivity contribution < 1.29 is 0 Å². The van der Waals surface area contributed by atoms with E-state index in [2.05, 4.69) is 293 Å². The molecule has 1 fully saturated rings. The fraction of sp³-hybridized carbons (Fsp3) is 0.302. The molecule has 2 unspecified atom stereocenters. The van der Waals surface area contributed by atoms with Crippen LogP contribution < -0.4 is 31.1 Å². The second-order valence-corrected chi connectivity index (χ2v) is 34.3. The Hall–Kier alpha value is -7.90. The van der Waals surface area contributed by atoms with Crippen LogP contribution in [0.5, 0.6) is 0 Å². The average Bonchev–Trinajstić information content (AvgIpc) is 0.948. The van der Waals surface area contributed by atoms with Crippen LogP contribution in [0.3, 0.4) is 0 Å². The number of thiophene rings is 2. The standard InChI is InChI=1S/C86H82BN3S2/c1-80(2,3)53-37-34-51(35-38-53)52-36-39-68-65(44-52)85(12)40-20-21-41-86(85,13)90(68)54-45-73-77-74(46-54)89(70-31-23-27-58-56-25-15-19-33-76(56)92-79(58)70)72-50-64-63(83(8,9)59-28-16-17-29-60(59)84(64,10)11)48-67(72)87(77)66-47-61-62(82(6,7)43-42-81(61,4)5)49-71(66)88(73)69-30-22-26-57-55-24-14-18-32-75(55)91-78(57)69/h14-19,22-39,44-50H,20-21,40-43H2,1-13H3. The van der Waals surface area contributed by atoms with E-state index in [1.807, 2.05) is 22.7 Å². The number of hydrogen-bond donors (Lipinski definition) is 0. The van der Waals surface area contributed by atoms with Crippen LogP contribution >= 0.6 is 22.7 Å². The van der Waals surface area contributed by atoms with Gasteiger partial charge in [-0.05, 0) is 182 Å². The molecule has 1 saturated carbocycles. The van der Waals surface area contributed by atoms with E-state index in [1.54, 1.807) is 0 Å². The van der Waals surface area contributed by atoms with E-state index in [4.69, 9.17) is 0 Å². The van der Waals surface area contributed by atoms with Gasteiger partial charge >= 0.3 is 0 Å². The first-order chi connectivity index (χ1) is 44.0. The summed E-state index contributed by atoms with van der Waals surface area (Å²) in [5.74, 6) is 0. The third-order valence-corrected chi connectivity index (χ3v) is 26.9. The molecule has 3 aliphatic carbocycles. The molecule has 0 amide bonds. The Morgan fingerprint density at radius 3 is 1.42 bits per heavy atom. The lowest BCUT2D eigenvalue weighted by Crippen LogP contribution is -2.62. The minimum absolute atomic E-state index is 0.0178. The van der Waals surface area contributed by atoms with Gasteiger partial charge in [-0.1, -0.05) is 223 Å². The summed E-state index contributed by atoms with van der Waals surface area (Å²) in [7, 11) is 0. The van der Waals surface area contributed by atoms with Gasteiger partial charge in [0.05, 0.1) is 26.3 Å². The molecule has 3 aliphatic heterocycles. The lowest BCUT2D eigenvalue weighted by Gasteiger charge is -2.51. The van der Waals surface area contributed by atoms with Crippen LogP contribution in [0.15, 0.2) is 188 Å². The zero-order valence-corrected chi connectivity index (χ0v) is 57.5. The highest BCUT2D eigenvalue weighted by atomic mass is 32.1. The van der Waals surface area contributed by atoms with Crippen LogP contribution in [-0.4, -0.2) is 12.3 Å². The van der Waals surface area contributed by atoms with Crippen molar-refractivity contribution in [2.45, 2.75) is 167 Å². The van der Waals surface area contributed by atoms with Gasteiger partial charge in [0.2, 0.25) is 0 Å². The molecule has 0 saturated heterocycles. The van der Waals surface area contributed by atoms with E-state index >= 15 is 0 Å². The van der Waals surface area contributed by atoms with Gasteiger partial charge in [0.25, 0.3) is 6.71 Å². The highest BCUT2D eigenvalue weighted by Crippen LogP contribution is 2.64. The molecule has 456 valence electrons. The summed E-state index contributed by atoms with van der Waals surface area (Å²) in [6.45, 7) is 32.2. The van der Waals surface area contributed by atoms with E-state index in [9.17, 15) is 0 Å². The topological polar surface area (TPSA) is 9.72 Å².